The van der Waals surface area contributed by atoms with E-state index in [0.29, 0.717) is 12.8 Å². The Morgan fingerprint density at radius 3 is 1.60 bits per heavy atom. The molecule has 13 aromatic rings. The maximum Gasteiger partial charge on any atom is 0.131 e. The van der Waals surface area contributed by atoms with Crippen LogP contribution >= 0.6 is 0 Å². The fourth-order valence-corrected chi connectivity index (χ4v) is 13.1. The molecule has 1 spiro atoms. The molecule has 0 unspecified atom stereocenters. The van der Waals surface area contributed by atoms with Crippen LogP contribution in [0, 0.1) is 0 Å². The second kappa shape index (κ2) is 14.8. The van der Waals surface area contributed by atoms with Crippen molar-refractivity contribution in [2.45, 2.75) is 18.3 Å². The zero-order chi connectivity index (χ0) is 47.1. The van der Waals surface area contributed by atoms with E-state index < -0.39 is 5.41 Å². The Morgan fingerprint density at radius 2 is 0.903 bits per heavy atom. The molecule has 1 aliphatic heterocycles. The van der Waals surface area contributed by atoms with Gasteiger partial charge in [-0.3, -0.25) is 9.97 Å². The number of para-hydroxylation sites is 4. The molecule has 5 nitrogen and oxygen atoms in total. The van der Waals surface area contributed by atoms with Gasteiger partial charge in [0.15, 0.2) is 0 Å². The Labute approximate surface area is 415 Å². The molecule has 72 heavy (non-hydrogen) atoms. The molecule has 0 bridgehead atoms. The predicted molar refractivity (Wildman–Crippen MR) is 291 cm³/mol. The monoisotopic (exact) mass is 918 g/mol. The van der Waals surface area contributed by atoms with Gasteiger partial charge in [-0.1, -0.05) is 164 Å². The lowest BCUT2D eigenvalue weighted by molar-refractivity contribution is 0.471. The molecule has 0 N–H and O–H groups in total. The number of nitrogens with zero attached hydrogens (tertiary/aromatic N) is 4. The summed E-state index contributed by atoms with van der Waals surface area (Å²) < 4.78 is 12.3. The van der Waals surface area contributed by atoms with Gasteiger partial charge >= 0.3 is 0 Å². The van der Waals surface area contributed by atoms with Crippen LogP contribution in [0.15, 0.2) is 231 Å². The van der Waals surface area contributed by atoms with Gasteiger partial charge in [0.2, 0.25) is 0 Å². The van der Waals surface area contributed by atoms with Crippen LogP contribution in [0.5, 0.6) is 11.5 Å². The van der Waals surface area contributed by atoms with Gasteiger partial charge in [-0.2, -0.15) is 0 Å². The minimum absolute atomic E-state index is 0.493. The summed E-state index contributed by atoms with van der Waals surface area (Å²) in [5, 5.41) is 4.82. The number of hydrogen-bond donors (Lipinski definition) is 0. The summed E-state index contributed by atoms with van der Waals surface area (Å²) >= 11 is 0. The zero-order valence-electron chi connectivity index (χ0n) is 39.1. The van der Waals surface area contributed by atoms with E-state index in [9.17, 15) is 0 Å². The average Bonchev–Trinajstić information content (AvgIpc) is 4.14. The number of ether oxygens (including phenoxy) is 1. The van der Waals surface area contributed by atoms with E-state index in [0.717, 1.165) is 73.1 Å². The highest BCUT2D eigenvalue weighted by molar-refractivity contribution is 6.23. The molecule has 0 atom stereocenters. The van der Waals surface area contributed by atoms with Crippen LogP contribution < -0.4 is 4.74 Å². The van der Waals surface area contributed by atoms with E-state index >= 15 is 0 Å². The fraction of sp³-hybridized carbons (Fsp3) is 0.0448. The Kier molecular flexibility index (Phi) is 8.15. The van der Waals surface area contributed by atoms with Crippen LogP contribution in [0.4, 0.5) is 0 Å². The normalized spacial score (nSPS) is 13.7. The third-order valence-corrected chi connectivity index (χ3v) is 15.9. The highest BCUT2D eigenvalue weighted by Gasteiger charge is 2.52. The van der Waals surface area contributed by atoms with Crippen LogP contribution in [0.1, 0.15) is 44.5 Å². The Hall–Kier alpha value is -9.32. The van der Waals surface area contributed by atoms with Gasteiger partial charge in [0.05, 0.1) is 50.8 Å². The van der Waals surface area contributed by atoms with Gasteiger partial charge < -0.3 is 13.9 Å². The molecule has 2 aliphatic carbocycles. The predicted octanol–water partition coefficient (Wildman–Crippen LogP) is 16.0. The van der Waals surface area contributed by atoms with E-state index in [-0.39, 0.29) is 0 Å². The van der Waals surface area contributed by atoms with Crippen molar-refractivity contribution in [2.24, 2.45) is 0 Å². The van der Waals surface area contributed by atoms with Crippen LogP contribution in [-0.4, -0.2) is 19.1 Å². The molecule has 5 heterocycles. The van der Waals surface area contributed by atoms with Crippen molar-refractivity contribution in [3.05, 3.63) is 275 Å². The number of pyridine rings is 2. The summed E-state index contributed by atoms with van der Waals surface area (Å²) in [4.78, 5) is 10.7. The SMILES string of the molecule is c1ccc(-n2c3ccccc3c3ccc4c5ccccc5n(-c5cnc6c(c5)Cc5ccccc5Oc5cc7c(cc5Cc5cccnc5-6)-c5ccccc5C75c6ccccc6-c6ccccc65)c4c32)cc1. The molecule has 9 aromatic carbocycles. The minimum atomic E-state index is -0.493. The summed E-state index contributed by atoms with van der Waals surface area (Å²) in [7, 11) is 0. The van der Waals surface area contributed by atoms with Crippen molar-refractivity contribution in [1.82, 2.24) is 19.1 Å². The number of rotatable bonds is 2. The van der Waals surface area contributed by atoms with E-state index in [2.05, 4.69) is 234 Å². The molecular formula is C67H42N4O. The second-order valence-electron chi connectivity index (χ2n) is 19.6. The first-order valence-electron chi connectivity index (χ1n) is 24.9. The largest absolute Gasteiger partial charge is 0.457 e. The molecule has 336 valence electrons. The Morgan fingerprint density at radius 1 is 0.361 bits per heavy atom. The minimum Gasteiger partial charge on any atom is -0.457 e. The first-order valence-corrected chi connectivity index (χ1v) is 24.9. The fourth-order valence-electron chi connectivity index (χ4n) is 13.1. The third kappa shape index (κ3) is 5.31. The van der Waals surface area contributed by atoms with Crippen LogP contribution in [0.3, 0.4) is 0 Å². The number of benzene rings is 9. The molecule has 3 aliphatic rings. The van der Waals surface area contributed by atoms with E-state index in [1.54, 1.807) is 0 Å². The zero-order valence-corrected chi connectivity index (χ0v) is 39.1. The molecule has 0 saturated carbocycles. The smallest absolute Gasteiger partial charge is 0.131 e. The van der Waals surface area contributed by atoms with Crippen molar-refractivity contribution in [1.29, 1.82) is 0 Å². The summed E-state index contributed by atoms with van der Waals surface area (Å²) in [5.41, 5.74) is 22.6. The summed E-state index contributed by atoms with van der Waals surface area (Å²) in [5.74, 6) is 1.68. The van der Waals surface area contributed by atoms with Crippen LogP contribution in [0.2, 0.25) is 0 Å². The Bertz CT molecular complexity index is 4400. The number of hydrogen-bond acceptors (Lipinski definition) is 3. The highest BCUT2D eigenvalue weighted by Crippen LogP contribution is 2.63. The van der Waals surface area contributed by atoms with E-state index in [1.807, 2.05) is 6.20 Å². The maximum atomic E-state index is 7.41. The van der Waals surface area contributed by atoms with E-state index in [1.165, 1.54) is 71.6 Å². The quantitative estimate of drug-likeness (QED) is 0.174. The Balaban J connectivity index is 0.929. The lowest BCUT2D eigenvalue weighted by Gasteiger charge is -2.31. The molecule has 4 aromatic heterocycles. The van der Waals surface area contributed by atoms with Crippen molar-refractivity contribution < 1.29 is 4.74 Å². The van der Waals surface area contributed by atoms with Gasteiger partial charge in [0, 0.05) is 46.3 Å². The van der Waals surface area contributed by atoms with Gasteiger partial charge in [0.1, 0.15) is 11.5 Å². The molecule has 5 heteroatoms. The standard InChI is InChI=1S/C67H42N4O/c1-2-19-45(20-3-1)70-59-29-13-8-24-50(59)52-32-33-53-51-25-9-14-30-60(51)71(66(53)65(52)70)46-37-44-35-41-17-4-15-31-61(41)72-62-39-58-54(38-43(62)36-42-18-16-34-68-63(42)64(44)69-40-46)49-23-7-12-28-57(49)67(58)55-26-10-5-21-47(55)48-22-6-11-27-56(48)67/h1-34,37-40H,35-36H2. The average molecular weight is 919 g/mol. The first-order chi connectivity index (χ1) is 35.7. The van der Waals surface area contributed by atoms with Gasteiger partial charge in [-0.15, -0.1) is 0 Å². The lowest BCUT2D eigenvalue weighted by Crippen LogP contribution is -2.25. The summed E-state index contributed by atoms with van der Waals surface area (Å²) in [6.45, 7) is 0. The van der Waals surface area contributed by atoms with Gasteiger partial charge in [0.25, 0.3) is 0 Å². The molecule has 16 rings (SSSR count). The first kappa shape index (κ1) is 39.5. The molecule has 0 fully saturated rings. The summed E-state index contributed by atoms with van der Waals surface area (Å²) in [6.07, 6.45) is 5.16. The molecule has 0 saturated heterocycles. The van der Waals surface area contributed by atoms with Gasteiger partial charge in [-0.05, 0) is 121 Å². The van der Waals surface area contributed by atoms with Crippen molar-refractivity contribution in [2.75, 3.05) is 0 Å². The number of aromatic nitrogens is 4. The van der Waals surface area contributed by atoms with Gasteiger partial charge in [-0.25, -0.2) is 0 Å². The van der Waals surface area contributed by atoms with Crippen molar-refractivity contribution in [3.8, 4) is 56.5 Å². The molecular weight excluding hydrogens is 877 g/mol. The molecule has 0 amide bonds. The number of fused-ring (bicyclic) bond motifs is 22. The van der Waals surface area contributed by atoms with Crippen molar-refractivity contribution >= 4 is 43.6 Å². The van der Waals surface area contributed by atoms with Crippen molar-refractivity contribution in [3.63, 3.8) is 0 Å². The molecule has 0 radical (unpaired) electrons. The topological polar surface area (TPSA) is 44.9 Å². The van der Waals surface area contributed by atoms with Crippen LogP contribution in [0.25, 0.3) is 88.6 Å². The highest BCUT2D eigenvalue weighted by atomic mass is 16.5. The lowest BCUT2D eigenvalue weighted by atomic mass is 9.70. The third-order valence-electron chi connectivity index (χ3n) is 15.9. The second-order valence-corrected chi connectivity index (χ2v) is 19.6. The summed E-state index contributed by atoms with van der Waals surface area (Å²) in [6, 6.07) is 79.8. The maximum absolute atomic E-state index is 7.41. The van der Waals surface area contributed by atoms with Crippen LogP contribution in [-0.2, 0) is 18.3 Å². The van der Waals surface area contributed by atoms with E-state index in [4.69, 9.17) is 14.7 Å².